The summed E-state index contributed by atoms with van der Waals surface area (Å²) in [5.41, 5.74) is 2.26. The normalized spacial score (nSPS) is 21.5. The van der Waals surface area contributed by atoms with Gasteiger partial charge in [0.2, 0.25) is 11.8 Å². The number of anilines is 2. The lowest BCUT2D eigenvalue weighted by atomic mass is 9.98. The van der Waals surface area contributed by atoms with E-state index in [1.807, 2.05) is 19.1 Å². The lowest BCUT2D eigenvalue weighted by Gasteiger charge is -2.33. The molecule has 2 aliphatic rings. The first-order valence-electron chi connectivity index (χ1n) is 10.4. The summed E-state index contributed by atoms with van der Waals surface area (Å²) >= 11 is 0. The van der Waals surface area contributed by atoms with Crippen LogP contribution in [0.4, 0.5) is 16.2 Å². The summed E-state index contributed by atoms with van der Waals surface area (Å²) in [7, 11) is 0. The van der Waals surface area contributed by atoms with Gasteiger partial charge in [-0.05, 0) is 62.8 Å². The zero-order chi connectivity index (χ0) is 20.8. The minimum Gasteiger partial charge on any atom is -0.354 e. The van der Waals surface area contributed by atoms with Crippen LogP contribution in [-0.4, -0.2) is 55.0 Å². The smallest absolute Gasteiger partial charge is 0.321 e. The summed E-state index contributed by atoms with van der Waals surface area (Å²) in [5, 5.41) is 11.9. The second kappa shape index (κ2) is 9.73. The highest BCUT2D eigenvalue weighted by molar-refractivity contribution is 5.93. The third kappa shape index (κ3) is 5.93. The minimum absolute atomic E-state index is 0.0643. The molecule has 4 amide bonds. The van der Waals surface area contributed by atoms with E-state index in [2.05, 4.69) is 21.3 Å². The molecular weight excluding hydrogens is 370 g/mol. The molecule has 8 nitrogen and oxygen atoms in total. The van der Waals surface area contributed by atoms with E-state index in [-0.39, 0.29) is 29.8 Å². The fourth-order valence-electron chi connectivity index (χ4n) is 3.92. The SMILES string of the molecule is CC(=O)Nc1ccc(C)c(NC(=O)N2CCCC(CNC(=O)C3CCCN3)C2)c1. The zero-order valence-electron chi connectivity index (χ0n) is 17.2. The van der Waals surface area contributed by atoms with Crippen molar-refractivity contribution in [3.05, 3.63) is 23.8 Å². The van der Waals surface area contributed by atoms with Gasteiger partial charge in [0.05, 0.1) is 6.04 Å². The molecule has 1 aromatic carbocycles. The quantitative estimate of drug-likeness (QED) is 0.606. The number of hydrogen-bond donors (Lipinski definition) is 4. The van der Waals surface area contributed by atoms with Crippen molar-refractivity contribution in [2.45, 2.75) is 45.6 Å². The maximum absolute atomic E-state index is 12.8. The molecule has 158 valence electrons. The first-order chi connectivity index (χ1) is 13.9. The molecular formula is C21H31N5O3. The third-order valence-electron chi connectivity index (χ3n) is 5.55. The molecule has 29 heavy (non-hydrogen) atoms. The van der Waals surface area contributed by atoms with E-state index in [0.29, 0.717) is 31.0 Å². The molecule has 2 aliphatic heterocycles. The number of aryl methyl sites for hydroxylation is 1. The Bertz CT molecular complexity index is 761. The minimum atomic E-state index is -0.153. The number of urea groups is 1. The third-order valence-corrected chi connectivity index (χ3v) is 5.55. The van der Waals surface area contributed by atoms with E-state index in [1.54, 1.807) is 11.0 Å². The Balaban J connectivity index is 1.52. The molecule has 0 spiro atoms. The Hall–Kier alpha value is -2.61. The van der Waals surface area contributed by atoms with Gasteiger partial charge in [-0.3, -0.25) is 9.59 Å². The van der Waals surface area contributed by atoms with Gasteiger partial charge < -0.3 is 26.2 Å². The second-order valence-electron chi connectivity index (χ2n) is 7.99. The van der Waals surface area contributed by atoms with Crippen molar-refractivity contribution in [2.24, 2.45) is 5.92 Å². The van der Waals surface area contributed by atoms with Gasteiger partial charge in [-0.25, -0.2) is 4.79 Å². The summed E-state index contributed by atoms with van der Waals surface area (Å²) in [5.74, 6) is 0.168. The number of nitrogens with one attached hydrogen (secondary N) is 4. The average Bonchev–Trinajstić information content (AvgIpc) is 3.23. The van der Waals surface area contributed by atoms with E-state index >= 15 is 0 Å². The molecule has 0 aromatic heterocycles. The Labute approximate surface area is 171 Å². The van der Waals surface area contributed by atoms with Crippen molar-refractivity contribution in [2.75, 3.05) is 36.8 Å². The van der Waals surface area contributed by atoms with Gasteiger partial charge in [0.15, 0.2) is 0 Å². The Morgan fingerprint density at radius 1 is 1.17 bits per heavy atom. The number of hydrogen-bond acceptors (Lipinski definition) is 4. The van der Waals surface area contributed by atoms with Crippen molar-refractivity contribution in [3.8, 4) is 0 Å². The maximum atomic E-state index is 12.8. The van der Waals surface area contributed by atoms with Crippen LogP contribution in [0.25, 0.3) is 0 Å². The molecule has 0 aliphatic carbocycles. The molecule has 8 heteroatoms. The topological polar surface area (TPSA) is 103 Å². The van der Waals surface area contributed by atoms with E-state index < -0.39 is 0 Å². The first-order valence-corrected chi connectivity index (χ1v) is 10.4. The second-order valence-corrected chi connectivity index (χ2v) is 7.99. The number of carbonyl (C=O) groups excluding carboxylic acids is 3. The van der Waals surface area contributed by atoms with Crippen molar-refractivity contribution >= 4 is 29.2 Å². The molecule has 0 saturated carbocycles. The number of amides is 4. The Morgan fingerprint density at radius 3 is 2.72 bits per heavy atom. The number of likely N-dealkylation sites (tertiary alicyclic amines) is 1. The van der Waals surface area contributed by atoms with Gasteiger partial charge in [0.1, 0.15) is 0 Å². The number of carbonyl (C=O) groups is 3. The summed E-state index contributed by atoms with van der Waals surface area (Å²) in [4.78, 5) is 38.0. The van der Waals surface area contributed by atoms with Gasteiger partial charge in [-0.15, -0.1) is 0 Å². The fourth-order valence-corrected chi connectivity index (χ4v) is 3.92. The first kappa shape index (κ1) is 21.1. The Morgan fingerprint density at radius 2 is 2.00 bits per heavy atom. The number of rotatable bonds is 5. The number of nitrogens with zero attached hydrogens (tertiary/aromatic N) is 1. The molecule has 2 atom stereocenters. The van der Waals surface area contributed by atoms with Crippen LogP contribution < -0.4 is 21.3 Å². The van der Waals surface area contributed by atoms with Crippen molar-refractivity contribution < 1.29 is 14.4 Å². The van der Waals surface area contributed by atoms with Gasteiger partial charge in [0.25, 0.3) is 0 Å². The maximum Gasteiger partial charge on any atom is 0.321 e. The van der Waals surface area contributed by atoms with Crippen LogP contribution >= 0.6 is 0 Å². The molecule has 0 bridgehead atoms. The predicted octanol–water partition coefficient (Wildman–Crippen LogP) is 2.07. The molecule has 3 rings (SSSR count). The van der Waals surface area contributed by atoms with Crippen LogP contribution in [0.3, 0.4) is 0 Å². The highest BCUT2D eigenvalue weighted by atomic mass is 16.2. The van der Waals surface area contributed by atoms with E-state index in [1.165, 1.54) is 6.92 Å². The number of piperidine rings is 1. The largest absolute Gasteiger partial charge is 0.354 e. The van der Waals surface area contributed by atoms with Gasteiger partial charge in [-0.1, -0.05) is 6.07 Å². The predicted molar refractivity (Wildman–Crippen MR) is 113 cm³/mol. The molecule has 2 unspecified atom stereocenters. The van der Waals surface area contributed by atoms with Gasteiger partial charge >= 0.3 is 6.03 Å². The summed E-state index contributed by atoms with van der Waals surface area (Å²) in [6.45, 7) is 6.18. The molecule has 1 aromatic rings. The number of benzene rings is 1. The highest BCUT2D eigenvalue weighted by Gasteiger charge is 2.26. The van der Waals surface area contributed by atoms with Crippen molar-refractivity contribution in [1.29, 1.82) is 0 Å². The van der Waals surface area contributed by atoms with Crippen LogP contribution in [0.15, 0.2) is 18.2 Å². The van der Waals surface area contributed by atoms with Crippen LogP contribution in [-0.2, 0) is 9.59 Å². The fraction of sp³-hybridized carbons (Fsp3) is 0.571. The van der Waals surface area contributed by atoms with Crippen LogP contribution in [0.1, 0.15) is 38.2 Å². The standard InChI is InChI=1S/C21H31N5O3/c1-14-7-8-17(24-15(2)27)11-19(14)25-21(29)26-10-4-5-16(13-26)12-23-20(28)18-6-3-9-22-18/h7-8,11,16,18,22H,3-6,9-10,12-13H2,1-2H3,(H,23,28)(H,24,27)(H,25,29). The lowest BCUT2D eigenvalue weighted by Crippen LogP contribution is -2.47. The van der Waals surface area contributed by atoms with E-state index in [0.717, 1.165) is 37.8 Å². The zero-order valence-corrected chi connectivity index (χ0v) is 17.2. The Kier molecular flexibility index (Phi) is 7.09. The van der Waals surface area contributed by atoms with Crippen LogP contribution in [0, 0.1) is 12.8 Å². The van der Waals surface area contributed by atoms with E-state index in [9.17, 15) is 14.4 Å². The van der Waals surface area contributed by atoms with Crippen molar-refractivity contribution in [1.82, 2.24) is 15.5 Å². The monoisotopic (exact) mass is 401 g/mol. The van der Waals surface area contributed by atoms with Crippen LogP contribution in [0.2, 0.25) is 0 Å². The molecule has 2 saturated heterocycles. The van der Waals surface area contributed by atoms with Gasteiger partial charge in [0, 0.05) is 37.9 Å². The lowest BCUT2D eigenvalue weighted by molar-refractivity contribution is -0.123. The highest BCUT2D eigenvalue weighted by Crippen LogP contribution is 2.22. The summed E-state index contributed by atoms with van der Waals surface area (Å²) in [6.07, 6.45) is 3.85. The molecule has 2 heterocycles. The summed E-state index contributed by atoms with van der Waals surface area (Å²) in [6, 6.07) is 5.22. The summed E-state index contributed by atoms with van der Waals surface area (Å²) < 4.78 is 0. The van der Waals surface area contributed by atoms with Crippen molar-refractivity contribution in [3.63, 3.8) is 0 Å². The molecule has 2 fully saturated rings. The van der Waals surface area contributed by atoms with Crippen LogP contribution in [0.5, 0.6) is 0 Å². The molecule has 0 radical (unpaired) electrons. The molecule has 4 N–H and O–H groups in total. The average molecular weight is 402 g/mol. The van der Waals surface area contributed by atoms with E-state index in [4.69, 9.17) is 0 Å². The van der Waals surface area contributed by atoms with Gasteiger partial charge in [-0.2, -0.15) is 0 Å².